The summed E-state index contributed by atoms with van der Waals surface area (Å²) in [5.41, 5.74) is 2.03. The van der Waals surface area contributed by atoms with Crippen LogP contribution in [0, 0.1) is 22.0 Å². The van der Waals surface area contributed by atoms with Gasteiger partial charge in [-0.15, -0.1) is 0 Å². The Hall–Kier alpha value is -1.91. The van der Waals surface area contributed by atoms with Crippen molar-refractivity contribution in [2.45, 2.75) is 33.2 Å². The third-order valence-corrected chi connectivity index (χ3v) is 3.98. The monoisotopic (exact) mass is 276 g/mol. The molecule has 0 saturated carbocycles. The number of carbonyl (C=O) groups is 1. The first kappa shape index (κ1) is 14.5. The van der Waals surface area contributed by atoms with Crippen molar-refractivity contribution in [3.8, 4) is 0 Å². The fourth-order valence-electron chi connectivity index (χ4n) is 2.96. The number of amides is 1. The molecule has 5 heteroatoms. The number of carbonyl (C=O) groups excluding carboxylic acids is 1. The highest BCUT2D eigenvalue weighted by Gasteiger charge is 2.39. The van der Waals surface area contributed by atoms with Crippen LogP contribution in [-0.2, 0) is 11.2 Å². The molecule has 1 aliphatic rings. The summed E-state index contributed by atoms with van der Waals surface area (Å²) in [6.07, 6.45) is 0.819. The molecule has 2 rings (SSSR count). The van der Waals surface area contributed by atoms with Crippen molar-refractivity contribution in [2.24, 2.45) is 11.8 Å². The highest BCUT2D eigenvalue weighted by atomic mass is 16.6. The van der Waals surface area contributed by atoms with Gasteiger partial charge in [0.25, 0.3) is 0 Å². The zero-order chi connectivity index (χ0) is 14.9. The molecule has 0 saturated heterocycles. The number of para-hydroxylation sites is 1. The summed E-state index contributed by atoms with van der Waals surface area (Å²) in [5, 5.41) is 11.2. The molecule has 0 bridgehead atoms. The first-order valence-corrected chi connectivity index (χ1v) is 6.96. The first-order chi connectivity index (χ1) is 9.43. The normalized spacial score (nSPS) is 16.9. The van der Waals surface area contributed by atoms with Gasteiger partial charge in [-0.05, 0) is 25.0 Å². The Morgan fingerprint density at radius 2 is 1.95 bits per heavy atom. The zero-order valence-corrected chi connectivity index (χ0v) is 12.1. The van der Waals surface area contributed by atoms with E-state index in [9.17, 15) is 14.9 Å². The summed E-state index contributed by atoms with van der Waals surface area (Å²) in [6, 6.07) is 6.91. The van der Waals surface area contributed by atoms with E-state index in [1.165, 1.54) is 0 Å². The number of hydrogen-bond donors (Lipinski definition) is 0. The number of nitro groups is 1. The molecule has 1 aromatic rings. The zero-order valence-electron chi connectivity index (χ0n) is 12.1. The van der Waals surface area contributed by atoms with Gasteiger partial charge in [0, 0.05) is 23.1 Å². The van der Waals surface area contributed by atoms with Crippen LogP contribution >= 0.6 is 0 Å². The van der Waals surface area contributed by atoms with Gasteiger partial charge in [-0.2, -0.15) is 0 Å². The number of rotatable bonds is 4. The molecule has 108 valence electrons. The minimum absolute atomic E-state index is 0.148. The van der Waals surface area contributed by atoms with Crippen molar-refractivity contribution in [3.63, 3.8) is 0 Å². The van der Waals surface area contributed by atoms with Gasteiger partial charge in [0.1, 0.15) is 5.92 Å². The molecule has 0 aliphatic carbocycles. The maximum atomic E-state index is 12.6. The SMILES string of the molecule is CC(C)[C@@H]([C@@H](C)C(=O)N1CCc2ccccc21)[N+](=O)[O-]. The predicted molar refractivity (Wildman–Crippen MR) is 77.3 cm³/mol. The summed E-state index contributed by atoms with van der Waals surface area (Å²) in [5.74, 6) is -0.927. The van der Waals surface area contributed by atoms with Gasteiger partial charge < -0.3 is 4.90 Å². The van der Waals surface area contributed by atoms with Crippen molar-refractivity contribution in [3.05, 3.63) is 39.9 Å². The van der Waals surface area contributed by atoms with E-state index in [0.29, 0.717) is 6.54 Å². The maximum Gasteiger partial charge on any atom is 0.236 e. The van der Waals surface area contributed by atoms with E-state index in [0.717, 1.165) is 17.7 Å². The summed E-state index contributed by atoms with van der Waals surface area (Å²) < 4.78 is 0. The lowest BCUT2D eigenvalue weighted by Crippen LogP contribution is -2.44. The lowest BCUT2D eigenvalue weighted by molar-refractivity contribution is -0.536. The highest BCUT2D eigenvalue weighted by molar-refractivity contribution is 5.97. The quantitative estimate of drug-likeness (QED) is 0.627. The first-order valence-electron chi connectivity index (χ1n) is 6.96. The van der Waals surface area contributed by atoms with E-state index in [-0.39, 0.29) is 16.7 Å². The van der Waals surface area contributed by atoms with Crippen molar-refractivity contribution < 1.29 is 9.72 Å². The number of anilines is 1. The fourth-order valence-corrected chi connectivity index (χ4v) is 2.96. The number of benzene rings is 1. The van der Waals surface area contributed by atoms with Crippen LogP contribution in [0.25, 0.3) is 0 Å². The van der Waals surface area contributed by atoms with Crippen LogP contribution in [0.2, 0.25) is 0 Å². The second kappa shape index (κ2) is 5.61. The van der Waals surface area contributed by atoms with Gasteiger partial charge in [0.2, 0.25) is 11.9 Å². The van der Waals surface area contributed by atoms with Crippen LogP contribution in [0.1, 0.15) is 26.3 Å². The molecule has 0 aromatic heterocycles. The van der Waals surface area contributed by atoms with Gasteiger partial charge in [-0.3, -0.25) is 14.9 Å². The average molecular weight is 276 g/mol. The van der Waals surface area contributed by atoms with Gasteiger partial charge in [0.05, 0.1) is 0 Å². The predicted octanol–water partition coefficient (Wildman–Crippen LogP) is 2.51. The average Bonchev–Trinajstić information content (AvgIpc) is 2.80. The number of hydrogen-bond acceptors (Lipinski definition) is 3. The van der Waals surface area contributed by atoms with Crippen molar-refractivity contribution in [2.75, 3.05) is 11.4 Å². The van der Waals surface area contributed by atoms with Gasteiger partial charge >= 0.3 is 0 Å². The molecule has 5 nitrogen and oxygen atoms in total. The summed E-state index contributed by atoms with van der Waals surface area (Å²) in [6.45, 7) is 5.85. The minimum Gasteiger partial charge on any atom is -0.311 e. The Labute approximate surface area is 118 Å². The van der Waals surface area contributed by atoms with Gasteiger partial charge in [0.15, 0.2) is 0 Å². The Kier molecular flexibility index (Phi) is 4.06. The molecule has 0 unspecified atom stereocenters. The van der Waals surface area contributed by atoms with E-state index in [1.54, 1.807) is 25.7 Å². The lowest BCUT2D eigenvalue weighted by Gasteiger charge is -2.25. The Balaban J connectivity index is 2.22. The molecule has 0 fully saturated rings. The second-order valence-corrected chi connectivity index (χ2v) is 5.68. The Bertz CT molecular complexity index is 528. The maximum absolute atomic E-state index is 12.6. The Morgan fingerprint density at radius 1 is 1.30 bits per heavy atom. The van der Waals surface area contributed by atoms with Crippen LogP contribution in [0.4, 0.5) is 5.69 Å². The lowest BCUT2D eigenvalue weighted by atomic mass is 9.91. The molecular weight excluding hydrogens is 256 g/mol. The Morgan fingerprint density at radius 3 is 2.55 bits per heavy atom. The second-order valence-electron chi connectivity index (χ2n) is 5.68. The van der Waals surface area contributed by atoms with E-state index in [1.807, 2.05) is 24.3 Å². The third kappa shape index (κ3) is 2.53. The minimum atomic E-state index is -0.838. The number of fused-ring (bicyclic) bond motifs is 1. The van der Waals surface area contributed by atoms with E-state index < -0.39 is 12.0 Å². The molecule has 0 N–H and O–H groups in total. The standard InChI is InChI=1S/C15H20N2O3/c1-10(2)14(17(19)20)11(3)15(18)16-9-8-12-6-4-5-7-13(12)16/h4-7,10-11,14H,8-9H2,1-3H3/t11-,14+/m1/s1. The number of nitrogens with zero attached hydrogens (tertiary/aromatic N) is 2. The van der Waals surface area contributed by atoms with Crippen LogP contribution < -0.4 is 4.90 Å². The molecule has 1 amide bonds. The van der Waals surface area contributed by atoms with Crippen LogP contribution in [0.3, 0.4) is 0 Å². The molecular formula is C15H20N2O3. The third-order valence-electron chi connectivity index (χ3n) is 3.98. The van der Waals surface area contributed by atoms with Gasteiger partial charge in [-0.25, -0.2) is 0 Å². The molecule has 2 atom stereocenters. The van der Waals surface area contributed by atoms with Crippen LogP contribution in [0.15, 0.2) is 24.3 Å². The largest absolute Gasteiger partial charge is 0.311 e. The van der Waals surface area contributed by atoms with E-state index in [2.05, 4.69) is 0 Å². The molecule has 1 heterocycles. The smallest absolute Gasteiger partial charge is 0.236 e. The topological polar surface area (TPSA) is 63.5 Å². The van der Waals surface area contributed by atoms with Crippen molar-refractivity contribution >= 4 is 11.6 Å². The van der Waals surface area contributed by atoms with Crippen molar-refractivity contribution in [1.82, 2.24) is 0 Å². The summed E-state index contributed by atoms with van der Waals surface area (Å²) >= 11 is 0. The summed E-state index contributed by atoms with van der Waals surface area (Å²) in [7, 11) is 0. The molecule has 1 aromatic carbocycles. The highest BCUT2D eigenvalue weighted by Crippen LogP contribution is 2.30. The van der Waals surface area contributed by atoms with Crippen LogP contribution in [-0.4, -0.2) is 23.4 Å². The van der Waals surface area contributed by atoms with E-state index in [4.69, 9.17) is 0 Å². The fraction of sp³-hybridized carbons (Fsp3) is 0.533. The van der Waals surface area contributed by atoms with Crippen LogP contribution in [0.5, 0.6) is 0 Å². The molecule has 20 heavy (non-hydrogen) atoms. The molecule has 0 radical (unpaired) electrons. The summed E-state index contributed by atoms with van der Waals surface area (Å²) in [4.78, 5) is 25.1. The van der Waals surface area contributed by atoms with Crippen molar-refractivity contribution in [1.29, 1.82) is 0 Å². The molecule has 1 aliphatic heterocycles. The molecule has 0 spiro atoms. The van der Waals surface area contributed by atoms with Gasteiger partial charge in [-0.1, -0.05) is 32.0 Å². The van der Waals surface area contributed by atoms with E-state index >= 15 is 0 Å².